The van der Waals surface area contributed by atoms with Gasteiger partial charge in [0.05, 0.1) is 5.69 Å². The highest BCUT2D eigenvalue weighted by Crippen LogP contribution is 2.21. The SMILES string of the molecule is Cc1ccc(N2CCN(CC(=O)Nc3ccc(-n4cccn4)cc3)C2=O)cc1. The fraction of sp³-hybridized carbons (Fsp3) is 0.190. The summed E-state index contributed by atoms with van der Waals surface area (Å²) in [6.45, 7) is 3.14. The van der Waals surface area contributed by atoms with E-state index in [4.69, 9.17) is 0 Å². The molecule has 4 rings (SSSR count). The van der Waals surface area contributed by atoms with Crippen LogP contribution in [0.4, 0.5) is 16.2 Å². The lowest BCUT2D eigenvalue weighted by atomic mass is 10.2. The van der Waals surface area contributed by atoms with E-state index in [9.17, 15) is 9.59 Å². The predicted molar refractivity (Wildman–Crippen MR) is 108 cm³/mol. The second kappa shape index (κ2) is 7.56. The lowest BCUT2D eigenvalue weighted by Gasteiger charge is -2.18. The lowest BCUT2D eigenvalue weighted by molar-refractivity contribution is -0.116. The Labute approximate surface area is 163 Å². The third kappa shape index (κ3) is 3.73. The second-order valence-electron chi connectivity index (χ2n) is 6.74. The van der Waals surface area contributed by atoms with Crippen LogP contribution in [0, 0.1) is 6.92 Å². The first-order valence-electron chi connectivity index (χ1n) is 9.13. The van der Waals surface area contributed by atoms with Gasteiger partial charge in [-0.3, -0.25) is 9.69 Å². The molecule has 0 radical (unpaired) electrons. The molecule has 0 aliphatic carbocycles. The normalized spacial score (nSPS) is 13.8. The molecule has 0 bridgehead atoms. The molecule has 0 unspecified atom stereocenters. The topological polar surface area (TPSA) is 70.5 Å². The molecule has 3 amide bonds. The molecule has 0 spiro atoms. The number of carbonyl (C=O) groups excluding carboxylic acids is 2. The van der Waals surface area contributed by atoms with Gasteiger partial charge in [-0.05, 0) is 49.4 Å². The van der Waals surface area contributed by atoms with Crippen molar-refractivity contribution in [3.63, 3.8) is 0 Å². The summed E-state index contributed by atoms with van der Waals surface area (Å²) in [6, 6.07) is 16.9. The first kappa shape index (κ1) is 17.8. The number of carbonyl (C=O) groups is 2. The highest BCUT2D eigenvalue weighted by Gasteiger charge is 2.30. The van der Waals surface area contributed by atoms with Crippen LogP contribution in [-0.4, -0.2) is 46.3 Å². The molecule has 1 aliphatic rings. The fourth-order valence-electron chi connectivity index (χ4n) is 3.19. The van der Waals surface area contributed by atoms with Gasteiger partial charge in [0.1, 0.15) is 6.54 Å². The van der Waals surface area contributed by atoms with E-state index in [0.29, 0.717) is 18.8 Å². The molecule has 0 saturated carbocycles. The minimum Gasteiger partial charge on any atom is -0.325 e. The fourth-order valence-corrected chi connectivity index (χ4v) is 3.19. The van der Waals surface area contributed by atoms with E-state index in [2.05, 4.69) is 10.4 Å². The van der Waals surface area contributed by atoms with Gasteiger partial charge in [0.15, 0.2) is 0 Å². The average molecular weight is 375 g/mol. The number of rotatable bonds is 5. The van der Waals surface area contributed by atoms with E-state index in [0.717, 1.165) is 16.9 Å². The molecule has 1 fully saturated rings. The maximum atomic E-state index is 12.6. The van der Waals surface area contributed by atoms with Gasteiger partial charge >= 0.3 is 6.03 Å². The maximum absolute atomic E-state index is 12.6. The van der Waals surface area contributed by atoms with Crippen LogP contribution in [-0.2, 0) is 4.79 Å². The predicted octanol–water partition coefficient (Wildman–Crippen LogP) is 3.06. The first-order valence-corrected chi connectivity index (χ1v) is 9.13. The van der Waals surface area contributed by atoms with Crippen molar-refractivity contribution >= 4 is 23.3 Å². The summed E-state index contributed by atoms with van der Waals surface area (Å²) in [5, 5.41) is 7.01. The van der Waals surface area contributed by atoms with E-state index in [-0.39, 0.29) is 18.5 Å². The van der Waals surface area contributed by atoms with Crippen LogP contribution in [0.25, 0.3) is 5.69 Å². The van der Waals surface area contributed by atoms with Crippen LogP contribution >= 0.6 is 0 Å². The van der Waals surface area contributed by atoms with Crippen molar-refractivity contribution in [3.05, 3.63) is 72.6 Å². The molecule has 1 N–H and O–H groups in total. The van der Waals surface area contributed by atoms with Crippen molar-refractivity contribution in [2.75, 3.05) is 29.9 Å². The van der Waals surface area contributed by atoms with Gasteiger partial charge in [0.25, 0.3) is 0 Å². The number of anilines is 2. The van der Waals surface area contributed by atoms with E-state index in [1.54, 1.807) is 20.7 Å². The Morgan fingerprint density at radius 3 is 2.43 bits per heavy atom. The van der Waals surface area contributed by atoms with Crippen molar-refractivity contribution in [1.82, 2.24) is 14.7 Å². The molecule has 1 aromatic heterocycles. The zero-order valence-electron chi connectivity index (χ0n) is 15.6. The molecule has 1 saturated heterocycles. The van der Waals surface area contributed by atoms with Crippen LogP contribution in [0.5, 0.6) is 0 Å². The monoisotopic (exact) mass is 375 g/mol. The quantitative estimate of drug-likeness (QED) is 0.745. The van der Waals surface area contributed by atoms with E-state index in [1.807, 2.05) is 67.7 Å². The number of hydrogen-bond donors (Lipinski definition) is 1. The van der Waals surface area contributed by atoms with Crippen LogP contribution in [0.3, 0.4) is 0 Å². The molecule has 142 valence electrons. The van der Waals surface area contributed by atoms with Gasteiger partial charge in [0, 0.05) is 36.9 Å². The van der Waals surface area contributed by atoms with Crippen LogP contribution < -0.4 is 10.2 Å². The van der Waals surface area contributed by atoms with Crippen molar-refractivity contribution in [2.24, 2.45) is 0 Å². The minimum absolute atomic E-state index is 0.0299. The number of hydrogen-bond acceptors (Lipinski definition) is 3. The second-order valence-corrected chi connectivity index (χ2v) is 6.74. The van der Waals surface area contributed by atoms with Crippen LogP contribution in [0.15, 0.2) is 67.0 Å². The van der Waals surface area contributed by atoms with E-state index in [1.165, 1.54) is 0 Å². The molecule has 7 nitrogen and oxygen atoms in total. The Balaban J connectivity index is 1.35. The molecular weight excluding hydrogens is 354 g/mol. The highest BCUT2D eigenvalue weighted by molar-refractivity contribution is 5.99. The third-order valence-corrected chi connectivity index (χ3v) is 4.70. The smallest absolute Gasteiger partial charge is 0.325 e. The lowest BCUT2D eigenvalue weighted by Crippen LogP contribution is -2.37. The van der Waals surface area contributed by atoms with E-state index < -0.39 is 0 Å². The summed E-state index contributed by atoms with van der Waals surface area (Å²) in [7, 11) is 0. The number of benzene rings is 2. The van der Waals surface area contributed by atoms with Crippen molar-refractivity contribution in [2.45, 2.75) is 6.92 Å². The Kier molecular flexibility index (Phi) is 4.80. The number of urea groups is 1. The Morgan fingerprint density at radius 1 is 1.04 bits per heavy atom. The van der Waals surface area contributed by atoms with Gasteiger partial charge in [-0.1, -0.05) is 17.7 Å². The standard InChI is InChI=1S/C21H21N5O2/c1-16-3-7-18(8-4-16)25-14-13-24(21(25)28)15-20(27)23-17-5-9-19(10-6-17)26-12-2-11-22-26/h2-12H,13-15H2,1H3,(H,23,27). The molecule has 3 aromatic rings. The number of aromatic nitrogens is 2. The van der Waals surface area contributed by atoms with Crippen molar-refractivity contribution in [1.29, 1.82) is 0 Å². The van der Waals surface area contributed by atoms with Crippen LogP contribution in [0.1, 0.15) is 5.56 Å². The van der Waals surface area contributed by atoms with Gasteiger partial charge in [0.2, 0.25) is 5.91 Å². The molecule has 7 heteroatoms. The van der Waals surface area contributed by atoms with Gasteiger partial charge < -0.3 is 10.2 Å². The zero-order valence-corrected chi connectivity index (χ0v) is 15.6. The Hall–Kier alpha value is -3.61. The molecule has 2 heterocycles. The Bertz CT molecular complexity index is 965. The highest BCUT2D eigenvalue weighted by atomic mass is 16.2. The summed E-state index contributed by atoms with van der Waals surface area (Å²) in [4.78, 5) is 28.3. The summed E-state index contributed by atoms with van der Waals surface area (Å²) >= 11 is 0. The van der Waals surface area contributed by atoms with E-state index >= 15 is 0 Å². The van der Waals surface area contributed by atoms with Crippen LogP contribution in [0.2, 0.25) is 0 Å². The molecule has 0 atom stereocenters. The number of aryl methyl sites for hydroxylation is 1. The van der Waals surface area contributed by atoms with Gasteiger partial charge in [-0.15, -0.1) is 0 Å². The largest absolute Gasteiger partial charge is 0.325 e. The summed E-state index contributed by atoms with van der Waals surface area (Å²) in [5.74, 6) is -0.217. The summed E-state index contributed by atoms with van der Waals surface area (Å²) < 4.78 is 1.74. The number of nitrogens with one attached hydrogen (secondary N) is 1. The van der Waals surface area contributed by atoms with Crippen molar-refractivity contribution < 1.29 is 9.59 Å². The third-order valence-electron chi connectivity index (χ3n) is 4.70. The van der Waals surface area contributed by atoms with Gasteiger partial charge in [-0.25, -0.2) is 9.48 Å². The average Bonchev–Trinajstić information content (AvgIpc) is 3.34. The number of nitrogens with zero attached hydrogens (tertiary/aromatic N) is 4. The Morgan fingerprint density at radius 2 is 1.75 bits per heavy atom. The number of amides is 3. The molecule has 2 aromatic carbocycles. The minimum atomic E-state index is -0.217. The first-order chi connectivity index (χ1) is 13.6. The zero-order chi connectivity index (χ0) is 19.5. The summed E-state index contributed by atoms with van der Waals surface area (Å²) in [6.07, 6.45) is 3.56. The maximum Gasteiger partial charge on any atom is 0.325 e. The van der Waals surface area contributed by atoms with Gasteiger partial charge in [-0.2, -0.15) is 5.10 Å². The molecule has 1 aliphatic heterocycles. The van der Waals surface area contributed by atoms with Crippen molar-refractivity contribution in [3.8, 4) is 5.69 Å². The molecule has 28 heavy (non-hydrogen) atoms. The molecular formula is C21H21N5O2. The summed E-state index contributed by atoms with van der Waals surface area (Å²) in [5.41, 5.74) is 3.59.